The fourth-order valence-electron chi connectivity index (χ4n) is 8.50. The van der Waals surface area contributed by atoms with Crippen molar-refractivity contribution in [1.82, 2.24) is 0 Å². The fourth-order valence-corrected chi connectivity index (χ4v) is 8.50. The highest BCUT2D eigenvalue weighted by Crippen LogP contribution is 2.17. The number of hydrogen-bond donors (Lipinski definition) is 0. The van der Waals surface area contributed by atoms with E-state index < -0.39 is 6.10 Å². The zero-order valence-electron chi connectivity index (χ0n) is 42.6. The van der Waals surface area contributed by atoms with Crippen LogP contribution in [0, 0.1) is 0 Å². The van der Waals surface area contributed by atoms with Crippen LogP contribution in [0.1, 0.15) is 316 Å². The van der Waals surface area contributed by atoms with Crippen molar-refractivity contribution in [3.8, 4) is 0 Å². The normalized spacial score (nSPS) is 12.0. The Morgan fingerprint density at radius 1 is 0.302 bits per heavy atom. The summed E-state index contributed by atoms with van der Waals surface area (Å²) in [5, 5.41) is 0. The number of esters is 3. The summed E-state index contributed by atoms with van der Waals surface area (Å²) in [4.78, 5) is 38.0. The Morgan fingerprint density at radius 3 is 0.794 bits per heavy atom. The van der Waals surface area contributed by atoms with E-state index in [4.69, 9.17) is 14.2 Å². The van der Waals surface area contributed by atoms with Gasteiger partial charge in [0.1, 0.15) is 13.2 Å². The van der Waals surface area contributed by atoms with Gasteiger partial charge in [0.05, 0.1) is 0 Å². The van der Waals surface area contributed by atoms with Crippen molar-refractivity contribution in [3.63, 3.8) is 0 Å². The van der Waals surface area contributed by atoms with Crippen molar-refractivity contribution < 1.29 is 28.6 Å². The molecule has 0 aliphatic rings. The molecular formula is C57H108O6. The van der Waals surface area contributed by atoms with E-state index in [0.717, 1.165) is 57.8 Å². The van der Waals surface area contributed by atoms with Crippen LogP contribution in [-0.2, 0) is 28.6 Å². The monoisotopic (exact) mass is 889 g/mol. The van der Waals surface area contributed by atoms with Crippen molar-refractivity contribution in [3.05, 3.63) is 12.2 Å². The summed E-state index contributed by atoms with van der Waals surface area (Å²) in [6, 6.07) is 0. The Labute approximate surface area is 392 Å². The summed E-state index contributed by atoms with van der Waals surface area (Å²) >= 11 is 0. The highest BCUT2D eigenvalue weighted by molar-refractivity contribution is 5.71. The van der Waals surface area contributed by atoms with E-state index in [1.807, 2.05) is 0 Å². The van der Waals surface area contributed by atoms with Gasteiger partial charge in [-0.2, -0.15) is 0 Å². The lowest BCUT2D eigenvalue weighted by Gasteiger charge is -2.18. The number of ether oxygens (including phenoxy) is 3. The molecule has 0 saturated carbocycles. The molecule has 63 heavy (non-hydrogen) atoms. The van der Waals surface area contributed by atoms with E-state index in [1.54, 1.807) is 0 Å². The van der Waals surface area contributed by atoms with Gasteiger partial charge in [-0.25, -0.2) is 0 Å². The van der Waals surface area contributed by atoms with E-state index >= 15 is 0 Å². The molecule has 0 aromatic rings. The minimum Gasteiger partial charge on any atom is -0.462 e. The van der Waals surface area contributed by atoms with Crippen molar-refractivity contribution in [2.45, 2.75) is 322 Å². The molecule has 0 amide bonds. The Bertz CT molecular complexity index is 978. The van der Waals surface area contributed by atoms with Gasteiger partial charge >= 0.3 is 17.9 Å². The van der Waals surface area contributed by atoms with Crippen LogP contribution in [0.25, 0.3) is 0 Å². The molecule has 0 fully saturated rings. The van der Waals surface area contributed by atoms with Crippen LogP contribution in [0.3, 0.4) is 0 Å². The van der Waals surface area contributed by atoms with Gasteiger partial charge in [-0.3, -0.25) is 14.4 Å². The summed E-state index contributed by atoms with van der Waals surface area (Å²) in [7, 11) is 0. The molecule has 0 aliphatic heterocycles. The van der Waals surface area contributed by atoms with Crippen molar-refractivity contribution in [1.29, 1.82) is 0 Å². The topological polar surface area (TPSA) is 78.9 Å². The predicted molar refractivity (Wildman–Crippen MR) is 270 cm³/mol. The molecule has 0 saturated heterocycles. The third-order valence-electron chi connectivity index (χ3n) is 12.8. The number of unbranched alkanes of at least 4 members (excludes halogenated alkanes) is 39. The van der Waals surface area contributed by atoms with Gasteiger partial charge < -0.3 is 14.2 Å². The third kappa shape index (κ3) is 51.0. The second-order valence-electron chi connectivity index (χ2n) is 19.2. The van der Waals surface area contributed by atoms with E-state index in [2.05, 4.69) is 32.9 Å². The smallest absolute Gasteiger partial charge is 0.306 e. The first-order chi connectivity index (χ1) is 31.0. The van der Waals surface area contributed by atoms with Gasteiger partial charge in [0.25, 0.3) is 0 Å². The molecule has 0 aromatic heterocycles. The predicted octanol–water partition coefficient (Wildman–Crippen LogP) is 18.5. The Kier molecular flexibility index (Phi) is 51.2. The summed E-state index contributed by atoms with van der Waals surface area (Å²) in [5.41, 5.74) is 0. The molecule has 0 rings (SSSR count). The minimum absolute atomic E-state index is 0.0646. The quantitative estimate of drug-likeness (QED) is 0.0262. The van der Waals surface area contributed by atoms with E-state index in [0.29, 0.717) is 19.3 Å². The largest absolute Gasteiger partial charge is 0.462 e. The van der Waals surface area contributed by atoms with E-state index in [9.17, 15) is 14.4 Å². The van der Waals surface area contributed by atoms with Crippen molar-refractivity contribution in [2.75, 3.05) is 13.2 Å². The summed E-state index contributed by atoms with van der Waals surface area (Å²) in [6.45, 7) is 6.66. The van der Waals surface area contributed by atoms with Crippen LogP contribution in [0.4, 0.5) is 0 Å². The molecule has 0 aromatic carbocycles. The first-order valence-corrected chi connectivity index (χ1v) is 28.2. The van der Waals surface area contributed by atoms with Gasteiger partial charge in [-0.05, 0) is 44.9 Å². The van der Waals surface area contributed by atoms with Crippen LogP contribution in [-0.4, -0.2) is 37.2 Å². The maximum Gasteiger partial charge on any atom is 0.306 e. The first kappa shape index (κ1) is 61.1. The van der Waals surface area contributed by atoms with Crippen molar-refractivity contribution in [2.24, 2.45) is 0 Å². The average molecular weight is 889 g/mol. The van der Waals surface area contributed by atoms with Gasteiger partial charge in [0.2, 0.25) is 0 Å². The first-order valence-electron chi connectivity index (χ1n) is 28.2. The number of carbonyl (C=O) groups excluding carboxylic acids is 3. The number of rotatable bonds is 52. The number of carbonyl (C=O) groups is 3. The third-order valence-corrected chi connectivity index (χ3v) is 12.8. The van der Waals surface area contributed by atoms with E-state index in [-0.39, 0.29) is 31.1 Å². The summed E-state index contributed by atoms with van der Waals surface area (Å²) < 4.78 is 16.8. The highest BCUT2D eigenvalue weighted by Gasteiger charge is 2.19. The molecule has 1 unspecified atom stereocenters. The van der Waals surface area contributed by atoms with Gasteiger partial charge in [-0.15, -0.1) is 0 Å². The lowest BCUT2D eigenvalue weighted by molar-refractivity contribution is -0.167. The van der Waals surface area contributed by atoms with Gasteiger partial charge in [-0.1, -0.05) is 264 Å². The standard InChI is InChI=1S/C57H108O6/c1-4-7-10-13-16-19-22-24-25-26-27-28-29-30-31-32-33-34-36-38-41-44-47-50-56(59)62-53-54(52-61-55(58)49-46-43-40-37-21-18-15-12-9-6-3)63-57(60)51-48-45-42-39-35-23-20-17-14-11-8-5-2/h26-27,54H,4-25,28-53H2,1-3H3/b27-26-. The average Bonchev–Trinajstić information content (AvgIpc) is 3.28. The van der Waals surface area contributed by atoms with Crippen LogP contribution < -0.4 is 0 Å². The van der Waals surface area contributed by atoms with E-state index in [1.165, 1.54) is 218 Å². The Balaban J connectivity index is 4.17. The molecule has 1 atom stereocenters. The maximum atomic E-state index is 12.8. The SMILES string of the molecule is CCCCCCCCCC/C=C\CCCCCCCCCCCCCC(=O)OCC(COC(=O)CCCCCCCCCCCC)OC(=O)CCCCCCCCCCCCCC. The van der Waals surface area contributed by atoms with Gasteiger partial charge in [0.15, 0.2) is 6.10 Å². The molecule has 372 valence electrons. The number of hydrogen-bond acceptors (Lipinski definition) is 6. The van der Waals surface area contributed by atoms with Crippen LogP contribution in [0.15, 0.2) is 12.2 Å². The molecular weight excluding hydrogens is 781 g/mol. The molecule has 0 radical (unpaired) electrons. The molecule has 0 aliphatic carbocycles. The maximum absolute atomic E-state index is 12.8. The second-order valence-corrected chi connectivity index (χ2v) is 19.2. The van der Waals surface area contributed by atoms with Crippen LogP contribution in [0.2, 0.25) is 0 Å². The zero-order valence-corrected chi connectivity index (χ0v) is 42.6. The summed E-state index contributed by atoms with van der Waals surface area (Å²) in [6.07, 6.45) is 59.2. The zero-order chi connectivity index (χ0) is 45.8. The van der Waals surface area contributed by atoms with Crippen molar-refractivity contribution >= 4 is 17.9 Å². The highest BCUT2D eigenvalue weighted by atomic mass is 16.6. The van der Waals surface area contributed by atoms with Crippen LogP contribution >= 0.6 is 0 Å². The lowest BCUT2D eigenvalue weighted by atomic mass is 10.0. The minimum atomic E-state index is -0.762. The number of allylic oxidation sites excluding steroid dienone is 2. The molecule has 0 N–H and O–H groups in total. The molecule has 6 nitrogen and oxygen atoms in total. The Morgan fingerprint density at radius 2 is 0.524 bits per heavy atom. The van der Waals surface area contributed by atoms with Crippen LogP contribution in [0.5, 0.6) is 0 Å². The summed E-state index contributed by atoms with van der Waals surface area (Å²) in [5.74, 6) is -0.848. The molecule has 6 heteroatoms. The molecule has 0 spiro atoms. The van der Waals surface area contributed by atoms with Gasteiger partial charge in [0, 0.05) is 19.3 Å². The Hall–Kier alpha value is -1.85. The molecule has 0 bridgehead atoms. The second kappa shape index (κ2) is 52.8. The molecule has 0 heterocycles. The lowest BCUT2D eigenvalue weighted by Crippen LogP contribution is -2.30. The fraction of sp³-hybridized carbons (Fsp3) is 0.912.